The van der Waals surface area contributed by atoms with Crippen LogP contribution in [0.4, 0.5) is 0 Å². The van der Waals surface area contributed by atoms with Crippen molar-refractivity contribution in [3.05, 3.63) is 22.4 Å². The molecule has 2 fully saturated rings. The molecule has 18 heavy (non-hydrogen) atoms. The number of hydrogen-bond acceptors (Lipinski definition) is 3. The van der Waals surface area contributed by atoms with Crippen LogP contribution in [0.3, 0.4) is 0 Å². The minimum Gasteiger partial charge on any atom is -0.359 e. The summed E-state index contributed by atoms with van der Waals surface area (Å²) >= 11 is 3.71. The Bertz CT molecular complexity index is 419. The highest BCUT2D eigenvalue weighted by atomic mass is 32.2. The maximum absolute atomic E-state index is 4.85. The number of thioether (sulfide) groups is 1. The molecule has 1 unspecified atom stereocenters. The third kappa shape index (κ3) is 2.59. The van der Waals surface area contributed by atoms with Crippen LogP contribution in [-0.4, -0.2) is 16.5 Å². The zero-order valence-electron chi connectivity index (χ0n) is 10.8. The minimum atomic E-state index is 0.291. The molecule has 0 radical (unpaired) electrons. The normalized spacial score (nSPS) is 26.4. The van der Waals surface area contributed by atoms with E-state index in [9.17, 15) is 0 Å². The Morgan fingerprint density at radius 3 is 2.89 bits per heavy atom. The van der Waals surface area contributed by atoms with Crippen molar-refractivity contribution in [2.24, 2.45) is 4.99 Å². The first-order valence-electron chi connectivity index (χ1n) is 6.80. The van der Waals surface area contributed by atoms with Gasteiger partial charge in [0.1, 0.15) is 0 Å². The van der Waals surface area contributed by atoms with Crippen LogP contribution in [-0.2, 0) is 0 Å². The van der Waals surface area contributed by atoms with E-state index in [0.717, 1.165) is 5.17 Å². The number of rotatable bonds is 2. The van der Waals surface area contributed by atoms with Gasteiger partial charge in [-0.15, -0.1) is 11.3 Å². The zero-order valence-corrected chi connectivity index (χ0v) is 12.4. The van der Waals surface area contributed by atoms with Crippen LogP contribution < -0.4 is 5.32 Å². The van der Waals surface area contributed by atoms with E-state index in [2.05, 4.69) is 29.8 Å². The average Bonchev–Trinajstić information content (AvgIpc) is 3.01. The van der Waals surface area contributed by atoms with Crippen LogP contribution in [0.2, 0.25) is 0 Å². The molecule has 2 nitrogen and oxygen atoms in total. The third-order valence-corrected chi connectivity index (χ3v) is 6.15. The number of hydrogen-bond donors (Lipinski definition) is 1. The highest BCUT2D eigenvalue weighted by Crippen LogP contribution is 2.37. The predicted molar refractivity (Wildman–Crippen MR) is 81.6 cm³/mol. The Morgan fingerprint density at radius 2 is 2.17 bits per heavy atom. The van der Waals surface area contributed by atoms with E-state index in [-0.39, 0.29) is 0 Å². The average molecular weight is 280 g/mol. The molecule has 3 rings (SSSR count). The van der Waals surface area contributed by atoms with Crippen molar-refractivity contribution < 1.29 is 0 Å². The van der Waals surface area contributed by atoms with Crippen LogP contribution in [0, 0.1) is 0 Å². The van der Waals surface area contributed by atoms with E-state index in [1.165, 1.54) is 42.7 Å². The zero-order chi connectivity index (χ0) is 12.4. The molecule has 2 heterocycles. The molecule has 0 bridgehead atoms. The summed E-state index contributed by atoms with van der Waals surface area (Å²) in [6.45, 7) is 2.19. The van der Waals surface area contributed by atoms with Crippen LogP contribution in [0.5, 0.6) is 0 Å². The Labute approximate surface area is 117 Å². The molecule has 1 saturated heterocycles. The molecule has 1 saturated carbocycles. The smallest absolute Gasteiger partial charge is 0.157 e. The summed E-state index contributed by atoms with van der Waals surface area (Å²) in [7, 11) is 0. The van der Waals surface area contributed by atoms with Gasteiger partial charge in [-0.3, -0.25) is 4.99 Å². The van der Waals surface area contributed by atoms with Crippen molar-refractivity contribution >= 4 is 28.3 Å². The molecule has 1 aromatic rings. The Hall–Kier alpha value is -0.480. The van der Waals surface area contributed by atoms with Crippen molar-refractivity contribution in [1.82, 2.24) is 5.32 Å². The lowest BCUT2D eigenvalue weighted by Gasteiger charge is -2.32. The number of nitrogens with one attached hydrogen (secondary N) is 1. The topological polar surface area (TPSA) is 24.4 Å². The lowest BCUT2D eigenvalue weighted by Crippen LogP contribution is -2.45. The summed E-state index contributed by atoms with van der Waals surface area (Å²) < 4.78 is 0. The molecule has 0 amide bonds. The van der Waals surface area contributed by atoms with Crippen molar-refractivity contribution in [3.8, 4) is 0 Å². The van der Waals surface area contributed by atoms with Crippen molar-refractivity contribution in [2.45, 2.75) is 50.6 Å². The second-order valence-corrected chi connectivity index (χ2v) is 7.32. The summed E-state index contributed by atoms with van der Waals surface area (Å²) in [6, 6.07) is 4.57. The van der Waals surface area contributed by atoms with Gasteiger partial charge in [-0.05, 0) is 31.2 Å². The lowest BCUT2D eigenvalue weighted by molar-refractivity contribution is 0.303. The van der Waals surface area contributed by atoms with Gasteiger partial charge < -0.3 is 5.32 Å². The second kappa shape index (κ2) is 5.25. The maximum Gasteiger partial charge on any atom is 0.157 e. The van der Waals surface area contributed by atoms with Gasteiger partial charge in [0.25, 0.3) is 0 Å². The highest BCUT2D eigenvalue weighted by Gasteiger charge is 2.38. The summed E-state index contributed by atoms with van der Waals surface area (Å²) in [5, 5.41) is 7.01. The summed E-state index contributed by atoms with van der Waals surface area (Å²) in [6.07, 6.45) is 6.81. The first-order valence-corrected chi connectivity index (χ1v) is 8.66. The first-order chi connectivity index (χ1) is 8.77. The first kappa shape index (κ1) is 12.5. The largest absolute Gasteiger partial charge is 0.359 e. The molecular weight excluding hydrogens is 260 g/mol. The van der Waals surface area contributed by atoms with E-state index in [0.29, 0.717) is 11.6 Å². The van der Waals surface area contributed by atoms with Crippen LogP contribution in [0.1, 0.15) is 49.9 Å². The molecule has 98 valence electrons. The van der Waals surface area contributed by atoms with Gasteiger partial charge in [0.15, 0.2) is 5.17 Å². The molecule has 4 heteroatoms. The minimum absolute atomic E-state index is 0.291. The summed E-state index contributed by atoms with van der Waals surface area (Å²) in [5.41, 5.74) is 0.372. The molecular formula is C14H20N2S2. The summed E-state index contributed by atoms with van der Waals surface area (Å²) in [4.78, 5) is 6.20. The molecule has 0 aromatic carbocycles. The quantitative estimate of drug-likeness (QED) is 0.878. The molecule has 2 aliphatic rings. The Kier molecular flexibility index (Phi) is 3.66. The Morgan fingerprint density at radius 1 is 1.33 bits per heavy atom. The van der Waals surface area contributed by atoms with E-state index in [4.69, 9.17) is 4.99 Å². The van der Waals surface area contributed by atoms with Crippen LogP contribution >= 0.6 is 23.1 Å². The van der Waals surface area contributed by atoms with Crippen molar-refractivity contribution in [2.75, 3.05) is 5.75 Å². The predicted octanol–water partition coefficient (Wildman–Crippen LogP) is 4.20. The van der Waals surface area contributed by atoms with E-state index >= 15 is 0 Å². The molecule has 1 aromatic heterocycles. The van der Waals surface area contributed by atoms with Gasteiger partial charge >= 0.3 is 0 Å². The van der Waals surface area contributed by atoms with Crippen molar-refractivity contribution in [3.63, 3.8) is 0 Å². The maximum atomic E-state index is 4.85. The van der Waals surface area contributed by atoms with Gasteiger partial charge in [-0.25, -0.2) is 0 Å². The number of nitrogens with zero attached hydrogens (tertiary/aromatic N) is 1. The molecule has 1 atom stereocenters. The number of aliphatic imine (C=N–C) groups is 1. The van der Waals surface area contributed by atoms with Gasteiger partial charge in [-0.2, -0.15) is 0 Å². The number of amidine groups is 1. The molecule has 1 aliphatic heterocycles. The molecule has 1 spiro atoms. The van der Waals surface area contributed by atoms with E-state index in [1.54, 1.807) is 11.3 Å². The lowest BCUT2D eigenvalue weighted by atomic mass is 9.83. The fourth-order valence-electron chi connectivity index (χ4n) is 2.84. The monoisotopic (exact) mass is 280 g/mol. The standard InChI is InChI=1S/C14H20N2S2/c1-11(12-6-5-9-17-12)15-13-16-14(10-18-13)7-3-2-4-8-14/h5-6,9,11H,2-4,7-8,10H2,1H3,(H,15,16). The SMILES string of the molecule is CC(N=C1NC2(CCCCC2)CS1)c1cccs1. The second-order valence-electron chi connectivity index (χ2n) is 5.38. The van der Waals surface area contributed by atoms with Gasteiger partial charge in [-0.1, -0.05) is 37.1 Å². The summed E-state index contributed by atoms with van der Waals surface area (Å²) in [5.74, 6) is 1.21. The van der Waals surface area contributed by atoms with E-state index < -0.39 is 0 Å². The van der Waals surface area contributed by atoms with E-state index in [1.807, 2.05) is 11.8 Å². The van der Waals surface area contributed by atoms with Crippen LogP contribution in [0.15, 0.2) is 22.5 Å². The van der Waals surface area contributed by atoms with Crippen molar-refractivity contribution in [1.29, 1.82) is 0 Å². The van der Waals surface area contributed by atoms with Gasteiger partial charge in [0, 0.05) is 16.2 Å². The third-order valence-electron chi connectivity index (χ3n) is 3.93. The van der Waals surface area contributed by atoms with Gasteiger partial charge in [0.05, 0.1) is 6.04 Å². The van der Waals surface area contributed by atoms with Crippen LogP contribution in [0.25, 0.3) is 0 Å². The highest BCUT2D eigenvalue weighted by molar-refractivity contribution is 8.14. The molecule has 1 aliphatic carbocycles. The number of thiophene rings is 1. The van der Waals surface area contributed by atoms with Gasteiger partial charge in [0.2, 0.25) is 0 Å². The fourth-order valence-corrected chi connectivity index (χ4v) is 4.86. The fraction of sp³-hybridized carbons (Fsp3) is 0.643. The Balaban J connectivity index is 1.67. The molecule has 1 N–H and O–H groups in total.